The van der Waals surface area contributed by atoms with E-state index < -0.39 is 18.0 Å². The van der Waals surface area contributed by atoms with E-state index in [1.54, 1.807) is 48.5 Å². The molecule has 274 valence electrons. The molecule has 0 aliphatic heterocycles. The van der Waals surface area contributed by atoms with E-state index in [2.05, 4.69) is 22.1 Å². The summed E-state index contributed by atoms with van der Waals surface area (Å²) in [6.07, 6.45) is 0.635. The number of nitrogens with zero attached hydrogens (tertiary/aromatic N) is 4. The molecule has 0 aliphatic carbocycles. The molecule has 0 unspecified atom stereocenters. The van der Waals surface area contributed by atoms with Crippen LogP contribution in [-0.2, 0) is 24.8 Å². The van der Waals surface area contributed by atoms with Gasteiger partial charge in [0.15, 0.2) is 6.10 Å². The van der Waals surface area contributed by atoms with Crippen LogP contribution in [0.15, 0.2) is 64.2 Å². The number of carbonyl (C=O) groups excluding carboxylic acids is 2. The summed E-state index contributed by atoms with van der Waals surface area (Å²) in [7, 11) is 0. The number of thioether (sulfide) groups is 1. The molecule has 2 aromatic heterocycles. The number of halogens is 5. The van der Waals surface area contributed by atoms with Crippen molar-refractivity contribution in [3.8, 4) is 40.5 Å². The molecule has 0 fully saturated rings. The SMILES string of the molecule is Cl.Cl.Cl.Cl.N#Cc1c(N)nc(SCc2coc(-c3ccc(Cl)cc3)n2)c(C#N)c1-c1ccc(OC[C@@H](COC(=O)CCN)OC(=O)CCN)cc1. The van der Waals surface area contributed by atoms with Crippen LogP contribution in [0.25, 0.3) is 22.6 Å². The Balaban J connectivity index is 0.00000625. The lowest BCUT2D eigenvalue weighted by atomic mass is 9.97. The third-order valence-corrected chi connectivity index (χ3v) is 7.68. The number of oxazole rings is 1. The van der Waals surface area contributed by atoms with Crippen molar-refractivity contribution in [1.29, 1.82) is 10.5 Å². The topological polar surface area (TPSA) is 226 Å². The Morgan fingerprint density at radius 2 is 1.47 bits per heavy atom. The number of nitriles is 2. The highest BCUT2D eigenvalue weighted by molar-refractivity contribution is 7.98. The summed E-state index contributed by atoms with van der Waals surface area (Å²) >= 11 is 7.19. The van der Waals surface area contributed by atoms with Crippen molar-refractivity contribution in [3.05, 3.63) is 76.6 Å². The number of hydrogen-bond acceptors (Lipinski definition) is 14. The Kier molecular flexibility index (Phi) is 21.7. The predicted molar refractivity (Wildman–Crippen MR) is 203 cm³/mol. The van der Waals surface area contributed by atoms with Crippen LogP contribution in [0.2, 0.25) is 5.02 Å². The zero-order valence-corrected chi connectivity index (χ0v) is 31.5. The second-order valence-electron chi connectivity index (χ2n) is 9.80. The number of hydrogen-bond donors (Lipinski definition) is 3. The molecule has 0 saturated heterocycles. The first-order valence-corrected chi connectivity index (χ1v) is 15.6. The fourth-order valence-corrected chi connectivity index (χ4v) is 5.19. The van der Waals surface area contributed by atoms with Crippen LogP contribution < -0.4 is 21.9 Å². The van der Waals surface area contributed by atoms with Gasteiger partial charge in [-0.25, -0.2) is 9.97 Å². The van der Waals surface area contributed by atoms with E-state index in [1.807, 2.05) is 0 Å². The van der Waals surface area contributed by atoms with Crippen molar-refractivity contribution >= 4 is 90.7 Å². The lowest BCUT2D eigenvalue weighted by Gasteiger charge is -2.19. The Hall–Kier alpha value is -3.96. The highest BCUT2D eigenvalue weighted by atomic mass is 35.5. The normalized spacial score (nSPS) is 10.4. The van der Waals surface area contributed by atoms with Gasteiger partial charge < -0.3 is 35.8 Å². The summed E-state index contributed by atoms with van der Waals surface area (Å²) in [5, 5.41) is 21.0. The maximum atomic E-state index is 12.0. The number of carbonyl (C=O) groups is 2. The third kappa shape index (κ3) is 13.3. The standard InChI is InChI=1S/C32H30ClN7O6S.4ClH/c33-21-5-1-20(2-6-21)31-39-22(15-45-31)18-47-32-26(14-37)29(25(13-36)30(38)40-32)19-3-7-23(8-4-19)43-16-24(46-28(42)10-12-35)17-44-27(41)9-11-34;;;;/h1-8,15,24H,9-12,16-18,34-35H2,(H2,38,40);4*1H/t24-;;;;/m0..../s1. The summed E-state index contributed by atoms with van der Waals surface area (Å²) < 4.78 is 21.9. The first-order valence-electron chi connectivity index (χ1n) is 14.2. The van der Waals surface area contributed by atoms with Gasteiger partial charge in [0, 0.05) is 35.0 Å². The molecule has 6 N–H and O–H groups in total. The lowest BCUT2D eigenvalue weighted by Crippen LogP contribution is -2.31. The monoisotopic (exact) mass is 819 g/mol. The van der Waals surface area contributed by atoms with E-state index in [4.69, 9.17) is 47.4 Å². The molecule has 0 bridgehead atoms. The minimum atomic E-state index is -0.891. The van der Waals surface area contributed by atoms with Crippen LogP contribution in [0.4, 0.5) is 5.82 Å². The number of rotatable bonds is 15. The molecule has 0 radical (unpaired) electrons. The Labute approximate surface area is 328 Å². The summed E-state index contributed by atoms with van der Waals surface area (Å²) in [5.41, 5.74) is 19.4. The summed E-state index contributed by atoms with van der Waals surface area (Å²) in [4.78, 5) is 32.6. The van der Waals surface area contributed by atoms with Crippen molar-refractivity contribution in [2.45, 2.75) is 29.7 Å². The van der Waals surface area contributed by atoms with Crippen LogP contribution in [0.5, 0.6) is 5.75 Å². The van der Waals surface area contributed by atoms with Gasteiger partial charge in [0.1, 0.15) is 53.8 Å². The molecule has 0 aliphatic rings. The van der Waals surface area contributed by atoms with Gasteiger partial charge in [-0.15, -0.1) is 49.6 Å². The first kappa shape index (κ1) is 47.0. The number of nitrogen functional groups attached to an aromatic ring is 1. The number of aromatic nitrogens is 2. The highest BCUT2D eigenvalue weighted by Gasteiger charge is 2.22. The number of ether oxygens (including phenoxy) is 3. The first-order chi connectivity index (χ1) is 22.8. The highest BCUT2D eigenvalue weighted by Crippen LogP contribution is 2.37. The average Bonchev–Trinajstić information content (AvgIpc) is 3.54. The number of anilines is 1. The van der Waals surface area contributed by atoms with E-state index in [0.717, 1.165) is 5.56 Å². The molecule has 4 aromatic rings. The fourth-order valence-electron chi connectivity index (χ4n) is 4.19. The lowest BCUT2D eigenvalue weighted by molar-refractivity contribution is -0.160. The van der Waals surface area contributed by atoms with Crippen molar-refractivity contribution in [1.82, 2.24) is 9.97 Å². The van der Waals surface area contributed by atoms with Crippen molar-refractivity contribution in [2.24, 2.45) is 11.5 Å². The molecule has 0 spiro atoms. The summed E-state index contributed by atoms with van der Waals surface area (Å²) in [6, 6.07) is 17.8. The van der Waals surface area contributed by atoms with Gasteiger partial charge in [0.2, 0.25) is 5.89 Å². The zero-order valence-electron chi connectivity index (χ0n) is 26.6. The minimum Gasteiger partial charge on any atom is -0.490 e. The van der Waals surface area contributed by atoms with Gasteiger partial charge >= 0.3 is 11.9 Å². The van der Waals surface area contributed by atoms with Crippen LogP contribution in [0.3, 0.4) is 0 Å². The largest absolute Gasteiger partial charge is 0.490 e. The molecule has 51 heavy (non-hydrogen) atoms. The number of nitrogens with two attached hydrogens (primary N) is 3. The van der Waals surface area contributed by atoms with Gasteiger partial charge in [-0.05, 0) is 42.0 Å². The molecule has 0 saturated carbocycles. The molecule has 0 amide bonds. The zero-order chi connectivity index (χ0) is 33.8. The van der Waals surface area contributed by atoms with Crippen molar-refractivity contribution in [3.63, 3.8) is 0 Å². The second-order valence-corrected chi connectivity index (χ2v) is 11.2. The maximum absolute atomic E-state index is 12.0. The summed E-state index contributed by atoms with van der Waals surface area (Å²) in [6.45, 7) is -0.125. The van der Waals surface area contributed by atoms with Crippen LogP contribution in [0.1, 0.15) is 29.7 Å². The molecule has 1 atom stereocenters. The van der Waals surface area contributed by atoms with E-state index in [9.17, 15) is 20.1 Å². The number of esters is 2. The average molecular weight is 822 g/mol. The summed E-state index contributed by atoms with van der Waals surface area (Å²) in [5.74, 6) is -0.00366. The van der Waals surface area contributed by atoms with Gasteiger partial charge in [0.25, 0.3) is 0 Å². The van der Waals surface area contributed by atoms with E-state index >= 15 is 0 Å². The Morgan fingerprint density at radius 1 is 0.863 bits per heavy atom. The van der Waals surface area contributed by atoms with E-state index in [-0.39, 0.29) is 106 Å². The van der Waals surface area contributed by atoms with E-state index in [0.29, 0.717) is 44.3 Å². The van der Waals surface area contributed by atoms with Gasteiger partial charge in [-0.3, -0.25) is 9.59 Å². The molecular formula is C32H34Cl5N7O6S. The number of benzene rings is 2. The van der Waals surface area contributed by atoms with Gasteiger partial charge in [-0.1, -0.05) is 35.5 Å². The van der Waals surface area contributed by atoms with E-state index in [1.165, 1.54) is 18.0 Å². The molecule has 4 rings (SSSR count). The maximum Gasteiger partial charge on any atom is 0.307 e. The molecule has 2 aromatic carbocycles. The van der Waals surface area contributed by atoms with Crippen LogP contribution in [-0.4, -0.2) is 54.3 Å². The Bertz CT molecular complexity index is 1800. The Morgan fingerprint density at radius 3 is 2.08 bits per heavy atom. The molecular weight excluding hydrogens is 788 g/mol. The van der Waals surface area contributed by atoms with Gasteiger partial charge in [-0.2, -0.15) is 10.5 Å². The van der Waals surface area contributed by atoms with Crippen LogP contribution in [0, 0.1) is 22.7 Å². The molecule has 19 heteroatoms. The molecule has 13 nitrogen and oxygen atoms in total. The quantitative estimate of drug-likeness (QED) is 0.0939. The minimum absolute atomic E-state index is 0. The van der Waals surface area contributed by atoms with Gasteiger partial charge in [0.05, 0.1) is 24.1 Å². The fraction of sp³-hybridized carbons (Fsp3) is 0.250. The van der Waals surface area contributed by atoms with Crippen molar-refractivity contribution in [2.75, 3.05) is 32.0 Å². The molecule has 2 heterocycles. The number of pyridine rings is 1. The second kappa shape index (κ2) is 23.5. The smallest absolute Gasteiger partial charge is 0.307 e. The van der Waals surface area contributed by atoms with Crippen LogP contribution >= 0.6 is 73.0 Å². The third-order valence-electron chi connectivity index (χ3n) is 6.42. The van der Waals surface area contributed by atoms with Crippen molar-refractivity contribution < 1.29 is 28.2 Å². The predicted octanol–water partition coefficient (Wildman–Crippen LogP) is 5.89.